The van der Waals surface area contributed by atoms with Gasteiger partial charge in [0.2, 0.25) is 5.78 Å². The zero-order valence-electron chi connectivity index (χ0n) is 13.1. The fourth-order valence-electron chi connectivity index (χ4n) is 2.21. The number of hydrogen-bond donors (Lipinski definition) is 1. The maximum atomic E-state index is 12.2. The lowest BCUT2D eigenvalue weighted by Gasteiger charge is -2.04. The normalized spacial score (nSPS) is 10.4. The highest BCUT2D eigenvalue weighted by Gasteiger charge is 2.23. The van der Waals surface area contributed by atoms with E-state index in [1.807, 2.05) is 0 Å². The fraction of sp³-hybridized carbons (Fsp3) is 0.312. The molecule has 0 aromatic carbocycles. The van der Waals surface area contributed by atoms with E-state index < -0.39 is 24.3 Å². The molecule has 7 heteroatoms. The van der Waals surface area contributed by atoms with E-state index in [9.17, 15) is 14.4 Å². The first-order valence-electron chi connectivity index (χ1n) is 7.04. The first kappa shape index (κ1) is 17.0. The summed E-state index contributed by atoms with van der Waals surface area (Å²) in [6.07, 6.45) is 0. The van der Waals surface area contributed by atoms with Gasteiger partial charge in [-0.15, -0.1) is 0 Å². The molecule has 122 valence electrons. The summed E-state index contributed by atoms with van der Waals surface area (Å²) in [7, 11) is 0. The highest BCUT2D eigenvalue weighted by atomic mass is 32.1. The highest BCUT2D eigenvalue weighted by Crippen LogP contribution is 2.20. The van der Waals surface area contributed by atoms with E-state index in [0.29, 0.717) is 22.4 Å². The Kier molecular flexibility index (Phi) is 5.33. The predicted molar refractivity (Wildman–Crippen MR) is 85.2 cm³/mol. The number of nitrogens with one attached hydrogen (secondary N) is 1. The van der Waals surface area contributed by atoms with Crippen molar-refractivity contribution in [3.05, 3.63) is 44.9 Å². The van der Waals surface area contributed by atoms with Crippen LogP contribution in [0.1, 0.15) is 49.4 Å². The lowest BCUT2D eigenvalue weighted by molar-refractivity contribution is 0.0472. The third-order valence-electron chi connectivity index (χ3n) is 3.29. The van der Waals surface area contributed by atoms with Crippen molar-refractivity contribution in [2.24, 2.45) is 0 Å². The van der Waals surface area contributed by atoms with Gasteiger partial charge in [0.15, 0.2) is 6.61 Å². The average Bonchev–Trinajstić information content (AvgIpc) is 3.13. The van der Waals surface area contributed by atoms with Crippen LogP contribution in [0.15, 0.2) is 16.8 Å². The number of carbonyl (C=O) groups is 3. The van der Waals surface area contributed by atoms with Crippen molar-refractivity contribution >= 4 is 29.1 Å². The van der Waals surface area contributed by atoms with Crippen LogP contribution in [0.5, 0.6) is 0 Å². The average molecular weight is 335 g/mol. The molecule has 0 aliphatic carbocycles. The number of Topliss-reactive ketones (excluding diaryl/α,β-unsaturated/α-hetero) is 1. The van der Waals surface area contributed by atoms with Gasteiger partial charge in [0.05, 0.1) is 23.4 Å². The molecule has 0 fully saturated rings. The molecule has 2 rings (SSSR count). The van der Waals surface area contributed by atoms with Gasteiger partial charge in [-0.05, 0) is 37.8 Å². The summed E-state index contributed by atoms with van der Waals surface area (Å²) in [5, 5.41) is 3.40. The molecule has 0 unspecified atom stereocenters. The molecule has 2 aromatic heterocycles. The Morgan fingerprint density at radius 3 is 2.52 bits per heavy atom. The summed E-state index contributed by atoms with van der Waals surface area (Å²) < 4.78 is 9.97. The van der Waals surface area contributed by atoms with Gasteiger partial charge in [-0.25, -0.2) is 9.59 Å². The molecule has 0 amide bonds. The monoisotopic (exact) mass is 335 g/mol. The molecular weight excluding hydrogens is 318 g/mol. The number of esters is 2. The van der Waals surface area contributed by atoms with Gasteiger partial charge in [0.1, 0.15) is 0 Å². The summed E-state index contributed by atoms with van der Waals surface area (Å²) in [4.78, 5) is 38.7. The lowest BCUT2D eigenvalue weighted by atomic mass is 10.1. The number of ketones is 1. The maximum absolute atomic E-state index is 12.2. The third kappa shape index (κ3) is 3.68. The number of rotatable bonds is 6. The number of carbonyl (C=O) groups excluding carboxylic acids is 3. The fourth-order valence-corrected chi connectivity index (χ4v) is 2.83. The first-order chi connectivity index (χ1) is 11.0. The van der Waals surface area contributed by atoms with Gasteiger partial charge >= 0.3 is 11.9 Å². The van der Waals surface area contributed by atoms with Gasteiger partial charge < -0.3 is 14.5 Å². The van der Waals surface area contributed by atoms with Crippen LogP contribution < -0.4 is 0 Å². The van der Waals surface area contributed by atoms with Crippen molar-refractivity contribution in [2.75, 3.05) is 13.2 Å². The highest BCUT2D eigenvalue weighted by molar-refractivity contribution is 7.08. The minimum Gasteiger partial charge on any atom is -0.462 e. The summed E-state index contributed by atoms with van der Waals surface area (Å²) in [6.45, 7) is 4.92. The number of aromatic amines is 1. The van der Waals surface area contributed by atoms with E-state index in [2.05, 4.69) is 4.98 Å². The second kappa shape index (κ2) is 7.23. The third-order valence-corrected chi connectivity index (χ3v) is 3.97. The Morgan fingerprint density at radius 2 is 1.91 bits per heavy atom. The van der Waals surface area contributed by atoms with Crippen molar-refractivity contribution in [2.45, 2.75) is 20.8 Å². The van der Waals surface area contributed by atoms with Crippen LogP contribution >= 0.6 is 11.3 Å². The van der Waals surface area contributed by atoms with E-state index in [1.54, 1.807) is 37.6 Å². The van der Waals surface area contributed by atoms with Crippen molar-refractivity contribution in [1.29, 1.82) is 0 Å². The van der Waals surface area contributed by atoms with Crippen LogP contribution in [0.2, 0.25) is 0 Å². The molecule has 0 atom stereocenters. The topological polar surface area (TPSA) is 85.5 Å². The van der Waals surface area contributed by atoms with Crippen molar-refractivity contribution in [1.82, 2.24) is 4.98 Å². The number of aromatic nitrogens is 1. The number of aryl methyl sites for hydroxylation is 1. The van der Waals surface area contributed by atoms with Gasteiger partial charge in [-0.3, -0.25) is 4.79 Å². The van der Waals surface area contributed by atoms with Crippen LogP contribution in [-0.4, -0.2) is 35.9 Å². The molecule has 0 saturated heterocycles. The van der Waals surface area contributed by atoms with Gasteiger partial charge in [-0.1, -0.05) is 0 Å². The minimum absolute atomic E-state index is 0.253. The van der Waals surface area contributed by atoms with Crippen molar-refractivity contribution in [3.8, 4) is 0 Å². The number of H-pyrrole nitrogens is 1. The van der Waals surface area contributed by atoms with Gasteiger partial charge in [-0.2, -0.15) is 11.3 Å². The molecule has 23 heavy (non-hydrogen) atoms. The largest absolute Gasteiger partial charge is 0.462 e. The molecule has 0 aliphatic rings. The quantitative estimate of drug-likeness (QED) is 0.648. The van der Waals surface area contributed by atoms with E-state index in [1.165, 1.54) is 11.3 Å². The Hall–Kier alpha value is -2.41. The molecule has 0 bridgehead atoms. The molecule has 0 saturated carbocycles. The SMILES string of the molecule is CCOC(=O)c1c(C)[nH]c(C(=O)COC(=O)c2ccsc2)c1C. The van der Waals surface area contributed by atoms with Crippen molar-refractivity contribution < 1.29 is 23.9 Å². The smallest absolute Gasteiger partial charge is 0.340 e. The molecular formula is C16H17NO5S. The molecule has 2 heterocycles. The summed E-state index contributed by atoms with van der Waals surface area (Å²) in [5.41, 5.74) is 2.06. The Labute approximate surface area is 137 Å². The summed E-state index contributed by atoms with van der Waals surface area (Å²) in [5.74, 6) is -1.43. The van der Waals surface area contributed by atoms with Crippen molar-refractivity contribution in [3.63, 3.8) is 0 Å². The zero-order chi connectivity index (χ0) is 17.0. The Balaban J connectivity index is 2.09. The molecule has 1 N–H and O–H groups in total. The standard InChI is InChI=1S/C16H17NO5S/c1-4-21-16(20)13-9(2)14(17-10(13)3)12(18)7-22-15(19)11-5-6-23-8-11/h5-6,8,17H,4,7H2,1-3H3. The van der Waals surface area contributed by atoms with Crippen LogP contribution in [-0.2, 0) is 9.47 Å². The first-order valence-corrected chi connectivity index (χ1v) is 7.98. The second-order valence-electron chi connectivity index (χ2n) is 4.86. The number of thiophene rings is 1. The van der Waals surface area contributed by atoms with Crippen LogP contribution in [0, 0.1) is 13.8 Å². The predicted octanol–water partition coefficient (Wildman–Crippen LogP) is 2.91. The van der Waals surface area contributed by atoms with Gasteiger partial charge in [0, 0.05) is 11.1 Å². The van der Waals surface area contributed by atoms with E-state index in [4.69, 9.17) is 9.47 Å². The second-order valence-corrected chi connectivity index (χ2v) is 5.64. The Bertz CT molecular complexity index is 730. The minimum atomic E-state index is -0.550. The molecule has 0 aliphatic heterocycles. The van der Waals surface area contributed by atoms with E-state index in [-0.39, 0.29) is 12.3 Å². The van der Waals surface area contributed by atoms with Crippen LogP contribution in [0.25, 0.3) is 0 Å². The maximum Gasteiger partial charge on any atom is 0.340 e. The van der Waals surface area contributed by atoms with Crippen LogP contribution in [0.3, 0.4) is 0 Å². The zero-order valence-corrected chi connectivity index (χ0v) is 13.9. The molecule has 2 aromatic rings. The van der Waals surface area contributed by atoms with E-state index in [0.717, 1.165) is 0 Å². The lowest BCUT2D eigenvalue weighted by Crippen LogP contribution is -2.15. The van der Waals surface area contributed by atoms with Crippen LogP contribution in [0.4, 0.5) is 0 Å². The number of hydrogen-bond acceptors (Lipinski definition) is 6. The Morgan fingerprint density at radius 1 is 1.17 bits per heavy atom. The molecule has 0 spiro atoms. The molecule has 0 radical (unpaired) electrons. The summed E-state index contributed by atoms with van der Waals surface area (Å²) in [6, 6.07) is 1.63. The van der Waals surface area contributed by atoms with Gasteiger partial charge in [0.25, 0.3) is 0 Å². The summed E-state index contributed by atoms with van der Waals surface area (Å²) >= 11 is 1.37. The van der Waals surface area contributed by atoms with E-state index >= 15 is 0 Å². The number of ether oxygens (including phenoxy) is 2. The molecule has 6 nitrogen and oxygen atoms in total.